The van der Waals surface area contributed by atoms with Gasteiger partial charge in [-0.25, -0.2) is 0 Å². The number of fused-ring (bicyclic) bond motifs is 1. The molecule has 0 aliphatic carbocycles. The summed E-state index contributed by atoms with van der Waals surface area (Å²) in [6.45, 7) is 6.61. The monoisotopic (exact) mass is 213 g/mol. The van der Waals surface area contributed by atoms with E-state index in [0.29, 0.717) is 0 Å². The van der Waals surface area contributed by atoms with Crippen LogP contribution in [-0.2, 0) is 5.41 Å². The Kier molecular flexibility index (Phi) is 2.63. The summed E-state index contributed by atoms with van der Waals surface area (Å²) >= 11 is 0. The molecule has 0 saturated heterocycles. The number of nitrogens with zero attached hydrogens (tertiary/aromatic N) is 1. The average Bonchev–Trinajstić information content (AvgIpc) is 2.46. The number of hydrogen-bond acceptors (Lipinski definition) is 1. The van der Waals surface area contributed by atoms with Crippen LogP contribution in [0.2, 0.25) is 0 Å². The van der Waals surface area contributed by atoms with E-state index in [1.165, 1.54) is 16.9 Å². The van der Waals surface area contributed by atoms with Gasteiger partial charge in [-0.3, -0.25) is 0 Å². The maximum absolute atomic E-state index is 2.29. The molecule has 16 heavy (non-hydrogen) atoms. The third kappa shape index (κ3) is 1.47. The van der Waals surface area contributed by atoms with Gasteiger partial charge in [-0.15, -0.1) is 0 Å². The van der Waals surface area contributed by atoms with Gasteiger partial charge in [-0.2, -0.15) is 0 Å². The first kappa shape index (κ1) is 11.0. The van der Waals surface area contributed by atoms with Crippen LogP contribution < -0.4 is 4.90 Å². The lowest BCUT2D eigenvalue weighted by atomic mass is 9.84. The number of anilines is 1. The third-order valence-corrected chi connectivity index (χ3v) is 3.39. The van der Waals surface area contributed by atoms with Crippen LogP contribution in [-0.4, -0.2) is 7.05 Å². The van der Waals surface area contributed by atoms with Crippen molar-refractivity contribution in [3.05, 3.63) is 53.8 Å². The van der Waals surface area contributed by atoms with Gasteiger partial charge in [-0.1, -0.05) is 44.2 Å². The molecular formula is C15H19N. The van der Waals surface area contributed by atoms with Crippen LogP contribution in [0.25, 0.3) is 0 Å². The van der Waals surface area contributed by atoms with E-state index >= 15 is 0 Å². The lowest BCUT2D eigenvalue weighted by molar-refractivity contribution is 0.640. The van der Waals surface area contributed by atoms with Crippen LogP contribution in [0.15, 0.2) is 48.2 Å². The van der Waals surface area contributed by atoms with Gasteiger partial charge in [0.05, 0.1) is 0 Å². The number of benzene rings is 1. The molecule has 1 nitrogen and oxygen atoms in total. The molecule has 2 rings (SSSR count). The fraction of sp³-hybridized carbons (Fsp3) is 0.333. The van der Waals surface area contributed by atoms with Crippen molar-refractivity contribution < 1.29 is 0 Å². The zero-order valence-electron chi connectivity index (χ0n) is 10.5. The molecule has 1 aliphatic rings. The van der Waals surface area contributed by atoms with E-state index in [1.54, 1.807) is 0 Å². The number of hydrogen-bond donors (Lipinski definition) is 0. The molecule has 0 saturated carbocycles. The molecule has 0 spiro atoms. The summed E-state index contributed by atoms with van der Waals surface area (Å²) in [7, 11) is 2.14. The predicted molar refractivity (Wildman–Crippen MR) is 70.8 cm³/mol. The highest BCUT2D eigenvalue weighted by Gasteiger charge is 2.37. The summed E-state index contributed by atoms with van der Waals surface area (Å²) in [6.07, 6.45) is 6.39. The molecule has 0 radical (unpaired) electrons. The van der Waals surface area contributed by atoms with E-state index < -0.39 is 0 Å². The molecule has 1 aromatic carbocycles. The quantitative estimate of drug-likeness (QED) is 0.684. The van der Waals surface area contributed by atoms with Gasteiger partial charge < -0.3 is 4.90 Å². The van der Waals surface area contributed by atoms with E-state index in [2.05, 4.69) is 68.3 Å². The van der Waals surface area contributed by atoms with Crippen molar-refractivity contribution in [1.29, 1.82) is 0 Å². The van der Waals surface area contributed by atoms with E-state index in [1.807, 2.05) is 6.92 Å². The van der Waals surface area contributed by atoms with Crippen molar-refractivity contribution in [2.45, 2.75) is 26.2 Å². The highest BCUT2D eigenvalue weighted by atomic mass is 15.2. The van der Waals surface area contributed by atoms with Crippen LogP contribution in [0.4, 0.5) is 5.69 Å². The van der Waals surface area contributed by atoms with Crippen LogP contribution in [0.5, 0.6) is 0 Å². The summed E-state index contributed by atoms with van der Waals surface area (Å²) in [5, 5.41) is 0. The Balaban J connectivity index is 2.57. The van der Waals surface area contributed by atoms with Crippen molar-refractivity contribution in [3.63, 3.8) is 0 Å². The minimum atomic E-state index is 0.102. The highest BCUT2D eigenvalue weighted by Crippen LogP contribution is 2.46. The van der Waals surface area contributed by atoms with Crippen molar-refractivity contribution >= 4 is 5.69 Å². The number of para-hydroxylation sites is 1. The fourth-order valence-electron chi connectivity index (χ4n) is 2.49. The first-order valence-electron chi connectivity index (χ1n) is 5.75. The zero-order chi connectivity index (χ0) is 11.8. The Morgan fingerprint density at radius 1 is 1.19 bits per heavy atom. The molecule has 0 N–H and O–H groups in total. The summed E-state index contributed by atoms with van der Waals surface area (Å²) < 4.78 is 0. The molecule has 1 heterocycles. The third-order valence-electron chi connectivity index (χ3n) is 3.39. The molecular weight excluding hydrogens is 194 g/mol. The SMILES string of the molecule is CC=CC=C1N(C)c2ccccc2C1(C)C. The molecule has 1 aromatic rings. The Labute approximate surface area is 98.1 Å². The van der Waals surface area contributed by atoms with Gasteiger partial charge in [0.2, 0.25) is 0 Å². The van der Waals surface area contributed by atoms with Gasteiger partial charge >= 0.3 is 0 Å². The largest absolute Gasteiger partial charge is 0.347 e. The second kappa shape index (κ2) is 3.82. The van der Waals surface area contributed by atoms with E-state index in [0.717, 1.165) is 0 Å². The molecule has 84 valence electrons. The predicted octanol–water partition coefficient (Wildman–Crippen LogP) is 3.87. The molecule has 1 heteroatoms. The molecule has 0 bridgehead atoms. The standard InChI is InChI=1S/C15H19N/c1-5-6-11-14-15(2,3)12-9-7-8-10-13(12)16(14)4/h5-11H,1-4H3. The van der Waals surface area contributed by atoms with Crippen molar-refractivity contribution in [3.8, 4) is 0 Å². The number of likely N-dealkylation sites (N-methyl/N-ethyl adjacent to an activating group) is 1. The number of rotatable bonds is 1. The molecule has 1 aliphatic heterocycles. The van der Waals surface area contributed by atoms with Gasteiger partial charge in [-0.05, 0) is 24.6 Å². The highest BCUT2D eigenvalue weighted by molar-refractivity contribution is 5.69. The second-order valence-corrected chi connectivity index (χ2v) is 4.78. The fourth-order valence-corrected chi connectivity index (χ4v) is 2.49. The maximum Gasteiger partial charge on any atom is 0.0447 e. The summed E-state index contributed by atoms with van der Waals surface area (Å²) in [6, 6.07) is 8.63. The molecule has 0 fully saturated rings. The van der Waals surface area contributed by atoms with Gasteiger partial charge in [0.25, 0.3) is 0 Å². The Bertz CT molecular complexity index is 452. The lowest BCUT2D eigenvalue weighted by Crippen LogP contribution is -2.22. The summed E-state index contributed by atoms with van der Waals surface area (Å²) in [5.74, 6) is 0. The topological polar surface area (TPSA) is 3.24 Å². The minimum absolute atomic E-state index is 0.102. The van der Waals surface area contributed by atoms with Gasteiger partial charge in [0, 0.05) is 23.8 Å². The van der Waals surface area contributed by atoms with Crippen LogP contribution in [0.3, 0.4) is 0 Å². The number of allylic oxidation sites excluding steroid dienone is 4. The van der Waals surface area contributed by atoms with Crippen LogP contribution in [0, 0.1) is 0 Å². The van der Waals surface area contributed by atoms with E-state index in [9.17, 15) is 0 Å². The molecule has 0 aromatic heterocycles. The first-order chi connectivity index (χ1) is 7.59. The Morgan fingerprint density at radius 2 is 1.88 bits per heavy atom. The Morgan fingerprint density at radius 3 is 2.50 bits per heavy atom. The normalized spacial score (nSPS) is 20.8. The molecule has 0 amide bonds. The van der Waals surface area contributed by atoms with Crippen molar-refractivity contribution in [1.82, 2.24) is 0 Å². The van der Waals surface area contributed by atoms with Crippen LogP contribution in [0.1, 0.15) is 26.3 Å². The average molecular weight is 213 g/mol. The van der Waals surface area contributed by atoms with E-state index in [4.69, 9.17) is 0 Å². The Hall–Kier alpha value is -1.50. The first-order valence-corrected chi connectivity index (χ1v) is 5.75. The van der Waals surface area contributed by atoms with Gasteiger partial charge in [0.15, 0.2) is 0 Å². The minimum Gasteiger partial charge on any atom is -0.347 e. The summed E-state index contributed by atoms with van der Waals surface area (Å²) in [4.78, 5) is 2.29. The zero-order valence-corrected chi connectivity index (χ0v) is 10.5. The lowest BCUT2D eigenvalue weighted by Gasteiger charge is -2.23. The van der Waals surface area contributed by atoms with Crippen molar-refractivity contribution in [2.24, 2.45) is 0 Å². The van der Waals surface area contributed by atoms with E-state index in [-0.39, 0.29) is 5.41 Å². The summed E-state index contributed by atoms with van der Waals surface area (Å²) in [5.41, 5.74) is 4.19. The van der Waals surface area contributed by atoms with Crippen LogP contribution >= 0.6 is 0 Å². The van der Waals surface area contributed by atoms with Crippen molar-refractivity contribution in [2.75, 3.05) is 11.9 Å². The molecule has 0 atom stereocenters. The maximum atomic E-state index is 2.29. The smallest absolute Gasteiger partial charge is 0.0447 e. The second-order valence-electron chi connectivity index (χ2n) is 4.78. The molecule has 0 unspecified atom stereocenters. The van der Waals surface area contributed by atoms with Gasteiger partial charge in [0.1, 0.15) is 0 Å².